The Morgan fingerprint density at radius 2 is 2.16 bits per heavy atom. The van der Waals surface area contributed by atoms with Gasteiger partial charge < -0.3 is 31.4 Å². The molecule has 0 amide bonds. The van der Waals surface area contributed by atoms with Crippen molar-refractivity contribution in [1.29, 1.82) is 0 Å². The molecule has 9 heteroatoms. The van der Waals surface area contributed by atoms with Crippen LogP contribution in [-0.4, -0.2) is 35.5 Å². The van der Waals surface area contributed by atoms with Gasteiger partial charge in [-0.2, -0.15) is 4.84 Å². The molecule has 0 fully saturated rings. The molecule has 104 valence electrons. The largest absolute Gasteiger partial charge is 0.751 e. The summed E-state index contributed by atoms with van der Waals surface area (Å²) in [7, 11) is 0. The topological polar surface area (TPSA) is 137 Å². The Morgan fingerprint density at radius 3 is 2.84 bits per heavy atom. The SMILES string of the molecule is NC1=N[N+]([O-])(OCC(O)CO)c2ccccc2N1[O-]. The molecule has 1 aromatic carbocycles. The van der Waals surface area contributed by atoms with Crippen LogP contribution in [0.25, 0.3) is 0 Å². The first-order chi connectivity index (χ1) is 8.98. The molecule has 1 aliphatic heterocycles. The number of rotatable bonds is 4. The smallest absolute Gasteiger partial charge is 0.248 e. The highest BCUT2D eigenvalue weighted by atomic mass is 17.0. The zero-order valence-corrected chi connectivity index (χ0v) is 9.84. The Bertz CT molecular complexity index is 497. The van der Waals surface area contributed by atoms with Gasteiger partial charge in [0.25, 0.3) is 0 Å². The van der Waals surface area contributed by atoms with Crippen LogP contribution in [0.1, 0.15) is 0 Å². The minimum atomic E-state index is -1.67. The van der Waals surface area contributed by atoms with Crippen molar-refractivity contribution >= 4 is 17.3 Å². The molecule has 0 radical (unpaired) electrons. The van der Waals surface area contributed by atoms with Crippen molar-refractivity contribution in [2.24, 2.45) is 10.8 Å². The van der Waals surface area contributed by atoms with E-state index >= 15 is 0 Å². The fourth-order valence-corrected chi connectivity index (χ4v) is 1.57. The fraction of sp³-hybridized carbons (Fsp3) is 0.300. The Labute approximate surface area is 108 Å². The Kier molecular flexibility index (Phi) is 3.66. The van der Waals surface area contributed by atoms with E-state index in [4.69, 9.17) is 15.7 Å². The molecule has 2 rings (SSSR count). The fourth-order valence-electron chi connectivity index (χ4n) is 1.57. The van der Waals surface area contributed by atoms with Crippen LogP contribution in [0, 0.1) is 10.4 Å². The van der Waals surface area contributed by atoms with Gasteiger partial charge in [0.05, 0.1) is 6.61 Å². The van der Waals surface area contributed by atoms with Crippen molar-refractivity contribution < 1.29 is 15.1 Å². The summed E-state index contributed by atoms with van der Waals surface area (Å²) in [5, 5.41) is 45.7. The summed E-state index contributed by atoms with van der Waals surface area (Å²) in [6.07, 6.45) is -1.22. The molecule has 0 saturated carbocycles. The molecular weight excluding hydrogens is 256 g/mol. The molecule has 0 bridgehead atoms. The van der Waals surface area contributed by atoms with Gasteiger partial charge >= 0.3 is 0 Å². The molecule has 2 unspecified atom stereocenters. The van der Waals surface area contributed by atoms with E-state index in [0.717, 1.165) is 0 Å². The van der Waals surface area contributed by atoms with Gasteiger partial charge in [-0.25, -0.2) is 0 Å². The number of benzene rings is 1. The number of hydrogen-bond donors (Lipinski definition) is 3. The lowest BCUT2D eigenvalue weighted by Crippen LogP contribution is -2.49. The van der Waals surface area contributed by atoms with E-state index in [1.54, 1.807) is 12.1 Å². The molecule has 9 nitrogen and oxygen atoms in total. The van der Waals surface area contributed by atoms with Crippen molar-refractivity contribution in [1.82, 2.24) is 4.92 Å². The summed E-state index contributed by atoms with van der Waals surface area (Å²) in [6.45, 7) is -1.02. The third-order valence-electron chi connectivity index (χ3n) is 2.50. The molecule has 0 aliphatic carbocycles. The third kappa shape index (κ3) is 2.51. The molecule has 0 saturated heterocycles. The molecule has 0 aromatic heterocycles. The maximum atomic E-state index is 12.4. The minimum absolute atomic E-state index is 0.0171. The van der Waals surface area contributed by atoms with Crippen molar-refractivity contribution in [2.45, 2.75) is 6.10 Å². The van der Waals surface area contributed by atoms with Gasteiger partial charge in [-0.15, -0.1) is 0 Å². The van der Waals surface area contributed by atoms with Gasteiger partial charge in [-0.1, -0.05) is 12.1 Å². The number of quaternary nitrogens is 1. The summed E-state index contributed by atoms with van der Waals surface area (Å²) in [5.74, 6) is -0.549. The number of nitrogens with zero attached hydrogens (tertiary/aromatic N) is 3. The number of fused-ring (bicyclic) bond motifs is 1. The number of aliphatic hydroxyl groups excluding tert-OH is 2. The molecule has 1 aliphatic rings. The van der Waals surface area contributed by atoms with Crippen LogP contribution in [0.5, 0.6) is 0 Å². The molecule has 1 heterocycles. The second kappa shape index (κ2) is 5.09. The van der Waals surface area contributed by atoms with Gasteiger partial charge in [-0.05, 0) is 16.1 Å². The highest BCUT2D eigenvalue weighted by Crippen LogP contribution is 2.37. The average molecular weight is 269 g/mol. The number of hydroxylamine groups is 1. The van der Waals surface area contributed by atoms with Crippen LogP contribution >= 0.6 is 0 Å². The van der Waals surface area contributed by atoms with Crippen molar-refractivity contribution in [3.8, 4) is 0 Å². The average Bonchev–Trinajstić information content (AvgIpc) is 2.42. The Balaban J connectivity index is 2.33. The Morgan fingerprint density at radius 1 is 1.47 bits per heavy atom. The zero-order valence-electron chi connectivity index (χ0n) is 9.84. The van der Waals surface area contributed by atoms with Gasteiger partial charge in [-0.3, -0.25) is 0 Å². The van der Waals surface area contributed by atoms with E-state index < -0.39 is 30.2 Å². The molecule has 4 N–H and O–H groups in total. The lowest BCUT2D eigenvalue weighted by atomic mass is 10.2. The van der Waals surface area contributed by atoms with Crippen molar-refractivity contribution in [2.75, 3.05) is 18.3 Å². The maximum Gasteiger partial charge on any atom is 0.248 e. The summed E-state index contributed by atoms with van der Waals surface area (Å²) in [5.41, 5.74) is 5.32. The first-order valence-corrected chi connectivity index (χ1v) is 5.44. The van der Waals surface area contributed by atoms with E-state index in [-0.39, 0.29) is 11.4 Å². The summed E-state index contributed by atoms with van der Waals surface area (Å²) < 4.78 is 0. The zero-order chi connectivity index (χ0) is 14.0. The van der Waals surface area contributed by atoms with E-state index in [2.05, 4.69) is 5.10 Å². The number of para-hydroxylation sites is 1. The molecule has 1 aromatic rings. The van der Waals surface area contributed by atoms with Crippen molar-refractivity contribution in [3.05, 3.63) is 34.7 Å². The lowest BCUT2D eigenvalue weighted by Gasteiger charge is -2.41. The minimum Gasteiger partial charge on any atom is -0.751 e. The van der Waals surface area contributed by atoms with Gasteiger partial charge in [0.2, 0.25) is 11.6 Å². The predicted octanol–water partition coefficient (Wildman–Crippen LogP) is -0.676. The molecule has 19 heavy (non-hydrogen) atoms. The van der Waals surface area contributed by atoms with E-state index in [1.807, 2.05) is 0 Å². The number of nitrogens with two attached hydrogens (primary N) is 1. The van der Waals surface area contributed by atoms with Crippen LogP contribution in [0.4, 0.5) is 11.4 Å². The normalized spacial score (nSPS) is 23.8. The molecule has 0 spiro atoms. The Hall–Kier alpha value is -1.75. The quantitative estimate of drug-likeness (QED) is 0.486. The first-order valence-electron chi connectivity index (χ1n) is 5.44. The van der Waals surface area contributed by atoms with Crippen LogP contribution < -0.4 is 15.7 Å². The summed E-state index contributed by atoms with van der Waals surface area (Å²) in [4.78, 5) is 3.24. The number of aliphatic hydroxyl groups is 2. The van der Waals surface area contributed by atoms with Crippen LogP contribution in [0.3, 0.4) is 0 Å². The second-order valence-electron chi connectivity index (χ2n) is 3.89. The van der Waals surface area contributed by atoms with Crippen LogP contribution in [0.2, 0.25) is 0 Å². The lowest BCUT2D eigenvalue weighted by molar-refractivity contribution is -0.142. The highest BCUT2D eigenvalue weighted by molar-refractivity contribution is 6.00. The summed E-state index contributed by atoms with van der Waals surface area (Å²) in [6, 6.07) is 5.88. The third-order valence-corrected chi connectivity index (χ3v) is 2.50. The molecular formula is C10H13N4O5-. The van der Waals surface area contributed by atoms with Crippen LogP contribution in [-0.2, 0) is 4.84 Å². The van der Waals surface area contributed by atoms with Gasteiger partial charge in [0.15, 0.2) is 0 Å². The highest BCUT2D eigenvalue weighted by Gasteiger charge is 2.33. The van der Waals surface area contributed by atoms with Crippen molar-refractivity contribution in [3.63, 3.8) is 0 Å². The van der Waals surface area contributed by atoms with E-state index in [1.165, 1.54) is 12.1 Å². The van der Waals surface area contributed by atoms with E-state index in [9.17, 15) is 15.5 Å². The second-order valence-corrected chi connectivity index (χ2v) is 3.89. The number of anilines is 1. The predicted molar refractivity (Wildman–Crippen MR) is 68.1 cm³/mol. The van der Waals surface area contributed by atoms with Gasteiger partial charge in [0, 0.05) is 6.07 Å². The standard InChI is InChI=1S/C10H13N4O5/c11-10-12-14(18,19-6-7(16)5-15)9-4-2-1-3-8(9)13(10)17/h1-4,7,15-16H,5-6H2,(H2,11,12)/q-1. The monoisotopic (exact) mass is 269 g/mol. The number of hydrogen-bond acceptors (Lipinski definition) is 8. The van der Waals surface area contributed by atoms with Crippen LogP contribution in [0.15, 0.2) is 29.4 Å². The number of guanidine groups is 1. The molecule has 2 atom stereocenters. The first kappa shape index (κ1) is 13.7. The van der Waals surface area contributed by atoms with Gasteiger partial charge in [0.1, 0.15) is 18.4 Å². The maximum absolute atomic E-state index is 12.4. The van der Waals surface area contributed by atoms with E-state index in [0.29, 0.717) is 5.06 Å². The summed E-state index contributed by atoms with van der Waals surface area (Å²) >= 11 is 0.